The van der Waals surface area contributed by atoms with Gasteiger partial charge in [0.15, 0.2) is 5.58 Å². The van der Waals surface area contributed by atoms with Crippen LogP contribution in [0, 0.1) is 0 Å². The van der Waals surface area contributed by atoms with E-state index in [4.69, 9.17) is 20.9 Å². The van der Waals surface area contributed by atoms with Gasteiger partial charge in [0.25, 0.3) is 0 Å². The summed E-state index contributed by atoms with van der Waals surface area (Å²) in [5.74, 6) is -0.803. The van der Waals surface area contributed by atoms with Crippen LogP contribution in [0.25, 0.3) is 22.2 Å². The summed E-state index contributed by atoms with van der Waals surface area (Å²) < 4.78 is 104. The Labute approximate surface area is 186 Å². The number of hydrogen-bond acceptors (Lipinski definition) is 4. The zero-order valence-electron chi connectivity index (χ0n) is 27.2. The van der Waals surface area contributed by atoms with E-state index in [2.05, 4.69) is 4.98 Å². The minimum Gasteiger partial charge on any atom is -0.406 e. The van der Waals surface area contributed by atoms with Crippen LogP contribution in [0.2, 0.25) is 0 Å². The second kappa shape index (κ2) is 7.60. The maximum Gasteiger partial charge on any atom is 0.417 e. The molecule has 0 radical (unpaired) electrons. The van der Waals surface area contributed by atoms with E-state index in [1.165, 1.54) is 0 Å². The van der Waals surface area contributed by atoms with Crippen LogP contribution in [0.1, 0.15) is 22.0 Å². The molecule has 29 heavy (non-hydrogen) atoms. The lowest BCUT2D eigenvalue weighted by Gasteiger charge is -2.36. The molecular formula is C24H23N3O2. The van der Waals surface area contributed by atoms with Crippen LogP contribution in [0.3, 0.4) is 0 Å². The SMILES string of the molecule is [2H]c1c([2H])c([2H])c(-c2c([2H])c([2H])c([2H])c(CN3CCN(c4c([2H])c([2H])c([2H])c5[nH]c(=O)oc45)CC3)c2[2H])c([2H])c1[2H]. The molecule has 1 N–H and O–H groups in total. The summed E-state index contributed by atoms with van der Waals surface area (Å²) in [6, 6.07) is -5.85. The minimum absolute atomic E-state index is 0.00105. The Balaban J connectivity index is 1.49. The molecule has 0 atom stereocenters. The number of nitrogens with one attached hydrogen (secondary N) is 1. The maximum absolute atomic E-state index is 11.8. The van der Waals surface area contributed by atoms with Gasteiger partial charge in [-0.05, 0) is 34.8 Å². The second-order valence-corrected chi connectivity index (χ2v) is 6.56. The Kier molecular flexibility index (Phi) is 2.36. The average Bonchev–Trinajstić information content (AvgIpc) is 3.34. The van der Waals surface area contributed by atoms with Crippen LogP contribution in [0.4, 0.5) is 5.69 Å². The minimum atomic E-state index is -0.803. The van der Waals surface area contributed by atoms with Crippen LogP contribution in [-0.4, -0.2) is 36.1 Å². The Hall–Kier alpha value is -3.31. The van der Waals surface area contributed by atoms with Gasteiger partial charge in [-0.25, -0.2) is 4.79 Å². The number of aromatic nitrogens is 1. The molecule has 5 nitrogen and oxygen atoms in total. The molecule has 5 heteroatoms. The normalized spacial score (nSPS) is 20.9. The Morgan fingerprint density at radius 2 is 1.66 bits per heavy atom. The number of para-hydroxylation sites is 1. The Morgan fingerprint density at radius 3 is 2.48 bits per heavy atom. The molecule has 0 bridgehead atoms. The van der Waals surface area contributed by atoms with E-state index in [-0.39, 0.29) is 70.2 Å². The van der Waals surface area contributed by atoms with Crippen molar-refractivity contribution in [1.82, 2.24) is 9.88 Å². The van der Waals surface area contributed by atoms with Crippen LogP contribution < -0.4 is 10.7 Å². The van der Waals surface area contributed by atoms with Gasteiger partial charge in [-0.15, -0.1) is 0 Å². The molecule has 3 aromatic carbocycles. The molecule has 5 rings (SSSR count). The maximum atomic E-state index is 11.8. The molecule has 0 aliphatic carbocycles. The van der Waals surface area contributed by atoms with Crippen LogP contribution in [0.5, 0.6) is 0 Å². The molecule has 0 unspecified atom stereocenters. The van der Waals surface area contributed by atoms with Gasteiger partial charge in [0.1, 0.15) is 0 Å². The van der Waals surface area contributed by atoms with E-state index in [9.17, 15) is 4.79 Å². The van der Waals surface area contributed by atoms with Crippen molar-refractivity contribution in [2.75, 3.05) is 31.1 Å². The van der Waals surface area contributed by atoms with E-state index in [1.807, 2.05) is 4.90 Å². The summed E-state index contributed by atoms with van der Waals surface area (Å²) >= 11 is 0. The third-order valence-electron chi connectivity index (χ3n) is 4.73. The van der Waals surface area contributed by atoms with Crippen molar-refractivity contribution in [3.8, 4) is 11.1 Å². The molecule has 0 amide bonds. The first-order chi connectivity index (χ1) is 19.3. The zero-order chi connectivity index (χ0) is 30.1. The summed E-state index contributed by atoms with van der Waals surface area (Å²) in [6.07, 6.45) is 0. The number of fused-ring (bicyclic) bond motifs is 1. The number of benzene rings is 3. The molecule has 1 aliphatic heterocycles. The Morgan fingerprint density at radius 1 is 0.897 bits per heavy atom. The van der Waals surface area contributed by atoms with E-state index in [0.29, 0.717) is 26.2 Å². The largest absolute Gasteiger partial charge is 0.417 e. The molecular weight excluding hydrogens is 362 g/mol. The number of hydrogen-bond donors (Lipinski definition) is 1. The van der Waals surface area contributed by atoms with Gasteiger partial charge in [0.2, 0.25) is 0 Å². The van der Waals surface area contributed by atoms with Crippen LogP contribution >= 0.6 is 0 Å². The molecule has 1 saturated heterocycles. The van der Waals surface area contributed by atoms with Gasteiger partial charge >= 0.3 is 5.76 Å². The highest BCUT2D eigenvalue weighted by molar-refractivity contribution is 5.86. The number of oxazole rings is 1. The monoisotopic (exact) mass is 397 g/mol. The average molecular weight is 398 g/mol. The standard InChI is InChI=1S/C24H23N3O2/c28-24-25-21-10-5-11-22(23(21)29-24)27-14-12-26(13-15-27)17-18-6-4-9-20(16-18)19-7-2-1-3-8-19/h1-11,16H,12-15,17H2,(H,25,28)/i1D,2D,3D,4D,5D,6D,7D,8D,9D,10D,11D,16D. The second-order valence-electron chi connectivity index (χ2n) is 6.56. The third kappa shape index (κ3) is 3.69. The van der Waals surface area contributed by atoms with Gasteiger partial charge < -0.3 is 9.32 Å². The van der Waals surface area contributed by atoms with Gasteiger partial charge in [-0.2, -0.15) is 0 Å². The predicted molar refractivity (Wildman–Crippen MR) is 116 cm³/mol. The molecule has 146 valence electrons. The fourth-order valence-electron chi connectivity index (χ4n) is 3.33. The summed E-state index contributed by atoms with van der Waals surface area (Å²) in [7, 11) is 0. The molecule has 0 spiro atoms. The van der Waals surface area contributed by atoms with Crippen LogP contribution in [0.15, 0.2) is 81.7 Å². The topological polar surface area (TPSA) is 52.5 Å². The van der Waals surface area contributed by atoms with E-state index in [0.717, 1.165) is 0 Å². The number of aromatic amines is 1. The van der Waals surface area contributed by atoms with Gasteiger partial charge in [0.05, 0.1) is 27.7 Å². The summed E-state index contributed by atoms with van der Waals surface area (Å²) in [4.78, 5) is 17.8. The first-order valence-electron chi connectivity index (χ1n) is 15.0. The zero-order valence-corrected chi connectivity index (χ0v) is 15.2. The summed E-state index contributed by atoms with van der Waals surface area (Å²) in [6.45, 7) is 1.27. The van der Waals surface area contributed by atoms with Crippen molar-refractivity contribution < 1.29 is 20.9 Å². The fraction of sp³-hybridized carbons (Fsp3) is 0.208. The number of anilines is 1. The van der Waals surface area contributed by atoms with E-state index in [1.54, 1.807) is 4.90 Å². The van der Waals surface area contributed by atoms with Crippen molar-refractivity contribution in [3.63, 3.8) is 0 Å². The highest BCUT2D eigenvalue weighted by Crippen LogP contribution is 2.26. The number of nitrogens with zero attached hydrogens (tertiary/aromatic N) is 2. The third-order valence-corrected chi connectivity index (χ3v) is 4.73. The molecule has 1 aliphatic rings. The molecule has 4 aromatic rings. The Bertz CT molecular complexity index is 1770. The summed E-state index contributed by atoms with van der Waals surface area (Å²) in [5.41, 5.74) is -0.354. The highest BCUT2D eigenvalue weighted by Gasteiger charge is 2.20. The number of H-pyrrole nitrogens is 1. The molecule has 0 saturated carbocycles. The lowest BCUT2D eigenvalue weighted by molar-refractivity contribution is 0.250. The van der Waals surface area contributed by atoms with Gasteiger partial charge in [-0.1, -0.05) is 54.4 Å². The van der Waals surface area contributed by atoms with E-state index >= 15 is 0 Å². The first kappa shape index (κ1) is 9.01. The van der Waals surface area contributed by atoms with Gasteiger partial charge in [-0.3, -0.25) is 9.88 Å². The number of rotatable bonds is 4. The molecule has 1 aromatic heterocycles. The van der Waals surface area contributed by atoms with Crippen molar-refractivity contribution >= 4 is 16.8 Å². The number of piperazine rings is 1. The van der Waals surface area contributed by atoms with Gasteiger partial charge in [0, 0.05) is 32.7 Å². The van der Waals surface area contributed by atoms with Crippen molar-refractivity contribution in [3.05, 3.63) is 88.6 Å². The quantitative estimate of drug-likeness (QED) is 0.563. The fourth-order valence-corrected chi connectivity index (χ4v) is 3.33. The van der Waals surface area contributed by atoms with Crippen LogP contribution in [-0.2, 0) is 6.54 Å². The lowest BCUT2D eigenvalue weighted by Crippen LogP contribution is -2.46. The predicted octanol–water partition coefficient (Wildman–Crippen LogP) is 4.11. The van der Waals surface area contributed by atoms with Crippen molar-refractivity contribution in [1.29, 1.82) is 0 Å². The first-order valence-corrected chi connectivity index (χ1v) is 9.02. The van der Waals surface area contributed by atoms with Crippen molar-refractivity contribution in [2.24, 2.45) is 0 Å². The molecule has 2 heterocycles. The molecule has 1 fully saturated rings. The highest BCUT2D eigenvalue weighted by atomic mass is 16.4. The van der Waals surface area contributed by atoms with Crippen molar-refractivity contribution in [2.45, 2.75) is 6.54 Å². The lowest BCUT2D eigenvalue weighted by atomic mass is 10.0. The van der Waals surface area contributed by atoms with E-state index < -0.39 is 48.1 Å². The smallest absolute Gasteiger partial charge is 0.406 e. The summed E-state index contributed by atoms with van der Waals surface area (Å²) in [5, 5.41) is 0.